The second kappa shape index (κ2) is 3.95. The number of carbonyl (C=O) groups is 1. The van der Waals surface area contributed by atoms with Gasteiger partial charge in [0.1, 0.15) is 5.69 Å². The van der Waals surface area contributed by atoms with Gasteiger partial charge < -0.3 is 11.1 Å². The minimum absolute atomic E-state index is 0.0225. The molecule has 94 valence electrons. The Morgan fingerprint density at radius 3 is 2.82 bits per heavy atom. The van der Waals surface area contributed by atoms with E-state index in [0.29, 0.717) is 11.6 Å². The van der Waals surface area contributed by atoms with Crippen molar-refractivity contribution in [2.75, 3.05) is 17.2 Å². The lowest BCUT2D eigenvalue weighted by Gasteiger charge is -2.23. The summed E-state index contributed by atoms with van der Waals surface area (Å²) < 4.78 is 22.8. The van der Waals surface area contributed by atoms with Crippen molar-refractivity contribution in [2.24, 2.45) is 0 Å². The molecule has 2 rings (SSSR count). The molecule has 1 aliphatic rings. The van der Waals surface area contributed by atoms with Crippen molar-refractivity contribution in [2.45, 2.75) is 18.9 Å². The molecular weight excluding hydrogens is 262 g/mol. The summed E-state index contributed by atoms with van der Waals surface area (Å²) in [4.78, 5) is 15.7. The van der Waals surface area contributed by atoms with E-state index >= 15 is 0 Å². The summed E-state index contributed by atoms with van der Waals surface area (Å²) in [6, 6.07) is 0. The zero-order chi connectivity index (χ0) is 12.7. The zero-order valence-electron chi connectivity index (χ0n) is 9.26. The minimum Gasteiger partial charge on any atom is -0.375 e. The molecule has 17 heavy (non-hydrogen) atoms. The molecule has 6 nitrogen and oxygen atoms in total. The van der Waals surface area contributed by atoms with Crippen molar-refractivity contribution in [3.8, 4) is 0 Å². The van der Waals surface area contributed by atoms with Crippen LogP contribution in [0.15, 0.2) is 5.38 Å². The Labute approximate surface area is 103 Å². The molecule has 0 aromatic carbocycles. The van der Waals surface area contributed by atoms with Crippen LogP contribution in [0.25, 0.3) is 0 Å². The molecule has 1 aromatic rings. The second-order valence-electron chi connectivity index (χ2n) is 4.43. The van der Waals surface area contributed by atoms with Gasteiger partial charge in [-0.1, -0.05) is 0 Å². The van der Waals surface area contributed by atoms with Gasteiger partial charge in [0.25, 0.3) is 5.91 Å². The maximum atomic E-state index is 11.8. The number of amides is 1. The van der Waals surface area contributed by atoms with E-state index in [1.807, 2.05) is 0 Å². The number of hydrogen-bond acceptors (Lipinski definition) is 6. The predicted octanol–water partition coefficient (Wildman–Crippen LogP) is 0.0323. The van der Waals surface area contributed by atoms with Gasteiger partial charge in [-0.05, 0) is 13.3 Å². The average Bonchev–Trinajstić information content (AvgIpc) is 2.71. The fourth-order valence-electron chi connectivity index (χ4n) is 1.84. The third kappa shape index (κ3) is 2.75. The van der Waals surface area contributed by atoms with E-state index in [1.165, 1.54) is 11.3 Å². The highest BCUT2D eigenvalue weighted by Gasteiger charge is 2.39. The van der Waals surface area contributed by atoms with Crippen LogP contribution < -0.4 is 11.1 Å². The maximum Gasteiger partial charge on any atom is 0.271 e. The molecular formula is C9H13N3O3S2. The van der Waals surface area contributed by atoms with Gasteiger partial charge in [0, 0.05) is 5.38 Å². The fourth-order valence-corrected chi connectivity index (χ4v) is 4.48. The predicted molar refractivity (Wildman–Crippen MR) is 65.7 cm³/mol. The molecule has 1 aliphatic heterocycles. The molecule has 3 N–H and O–H groups in total. The summed E-state index contributed by atoms with van der Waals surface area (Å²) in [5.41, 5.74) is 4.97. The Balaban J connectivity index is 2.10. The highest BCUT2D eigenvalue weighted by atomic mass is 32.2. The third-order valence-electron chi connectivity index (χ3n) is 2.67. The highest BCUT2D eigenvalue weighted by Crippen LogP contribution is 2.23. The second-order valence-corrected chi connectivity index (χ2v) is 7.50. The number of sulfone groups is 1. The molecule has 1 atom stereocenters. The first-order valence-electron chi connectivity index (χ1n) is 5.04. The summed E-state index contributed by atoms with van der Waals surface area (Å²) in [6.07, 6.45) is 0.431. The molecule has 0 spiro atoms. The molecule has 0 bridgehead atoms. The van der Waals surface area contributed by atoms with E-state index in [2.05, 4.69) is 10.3 Å². The van der Waals surface area contributed by atoms with Gasteiger partial charge in [-0.15, -0.1) is 11.3 Å². The van der Waals surface area contributed by atoms with Crippen molar-refractivity contribution < 1.29 is 13.2 Å². The van der Waals surface area contributed by atoms with Crippen LogP contribution in [0.2, 0.25) is 0 Å². The number of nitrogens with zero attached hydrogens (tertiary/aromatic N) is 1. The first-order chi connectivity index (χ1) is 7.80. The molecule has 8 heteroatoms. The van der Waals surface area contributed by atoms with E-state index in [1.54, 1.807) is 12.3 Å². The summed E-state index contributed by atoms with van der Waals surface area (Å²) in [7, 11) is -3.03. The number of rotatable bonds is 2. The quantitative estimate of drug-likeness (QED) is 0.793. The van der Waals surface area contributed by atoms with Gasteiger partial charge in [0.2, 0.25) is 0 Å². The maximum absolute atomic E-state index is 11.8. The topological polar surface area (TPSA) is 102 Å². The van der Waals surface area contributed by atoms with Crippen molar-refractivity contribution in [3.63, 3.8) is 0 Å². The molecule has 0 saturated carbocycles. The standard InChI is InChI=1S/C9H13N3O3S2/c1-9(2-3-17(14,15)5-9)12-7(13)6-4-16-8(10)11-6/h4H,2-3,5H2,1H3,(H2,10,11)(H,12,13). The molecule has 1 saturated heterocycles. The lowest BCUT2D eigenvalue weighted by molar-refractivity contribution is 0.0911. The monoisotopic (exact) mass is 275 g/mol. The minimum atomic E-state index is -3.03. The zero-order valence-corrected chi connectivity index (χ0v) is 10.9. The summed E-state index contributed by atoms with van der Waals surface area (Å²) in [5, 5.41) is 4.58. The Kier molecular flexibility index (Phi) is 2.86. The molecule has 1 fully saturated rings. The Hall–Kier alpha value is -1.15. The Bertz CT molecular complexity index is 552. The van der Waals surface area contributed by atoms with Crippen LogP contribution in [0.5, 0.6) is 0 Å². The first-order valence-corrected chi connectivity index (χ1v) is 7.74. The number of nitrogen functional groups attached to an aromatic ring is 1. The van der Waals surface area contributed by atoms with Crippen LogP contribution in [0, 0.1) is 0 Å². The van der Waals surface area contributed by atoms with Crippen molar-refractivity contribution in [1.82, 2.24) is 10.3 Å². The normalized spacial score (nSPS) is 26.9. The Morgan fingerprint density at radius 1 is 1.65 bits per heavy atom. The van der Waals surface area contributed by atoms with Gasteiger partial charge in [0.15, 0.2) is 15.0 Å². The number of hydrogen-bond donors (Lipinski definition) is 2. The van der Waals surface area contributed by atoms with E-state index < -0.39 is 15.4 Å². The highest BCUT2D eigenvalue weighted by molar-refractivity contribution is 7.91. The lowest BCUT2D eigenvalue weighted by atomic mass is 10.0. The molecule has 1 aromatic heterocycles. The summed E-state index contributed by atoms with van der Waals surface area (Å²) in [6.45, 7) is 1.73. The van der Waals surface area contributed by atoms with Crippen LogP contribution >= 0.6 is 11.3 Å². The van der Waals surface area contributed by atoms with Crippen LogP contribution in [-0.2, 0) is 9.84 Å². The van der Waals surface area contributed by atoms with Crippen LogP contribution in [0.4, 0.5) is 5.13 Å². The van der Waals surface area contributed by atoms with Crippen molar-refractivity contribution in [1.29, 1.82) is 0 Å². The van der Waals surface area contributed by atoms with E-state index in [4.69, 9.17) is 5.73 Å². The Morgan fingerprint density at radius 2 is 2.35 bits per heavy atom. The van der Waals surface area contributed by atoms with E-state index in [-0.39, 0.29) is 23.1 Å². The fraction of sp³-hybridized carbons (Fsp3) is 0.556. The van der Waals surface area contributed by atoms with Gasteiger partial charge in [-0.2, -0.15) is 0 Å². The summed E-state index contributed by atoms with van der Waals surface area (Å²) >= 11 is 1.18. The molecule has 1 unspecified atom stereocenters. The molecule has 0 radical (unpaired) electrons. The number of thiazole rings is 1. The van der Waals surface area contributed by atoms with Crippen LogP contribution in [-0.4, -0.2) is 36.4 Å². The first kappa shape index (κ1) is 12.3. The largest absolute Gasteiger partial charge is 0.375 e. The lowest BCUT2D eigenvalue weighted by Crippen LogP contribution is -2.47. The number of nitrogens with one attached hydrogen (secondary N) is 1. The van der Waals surface area contributed by atoms with Crippen LogP contribution in [0.3, 0.4) is 0 Å². The van der Waals surface area contributed by atoms with Crippen molar-refractivity contribution >= 4 is 32.2 Å². The van der Waals surface area contributed by atoms with Gasteiger partial charge in [0.05, 0.1) is 17.0 Å². The number of anilines is 1. The van der Waals surface area contributed by atoms with Gasteiger partial charge in [-0.25, -0.2) is 13.4 Å². The van der Waals surface area contributed by atoms with E-state index in [9.17, 15) is 13.2 Å². The summed E-state index contributed by atoms with van der Waals surface area (Å²) in [5.74, 6) is -0.286. The van der Waals surface area contributed by atoms with Crippen LogP contribution in [0.1, 0.15) is 23.8 Å². The van der Waals surface area contributed by atoms with Gasteiger partial charge >= 0.3 is 0 Å². The SMILES string of the molecule is CC1(NC(=O)c2csc(N)n2)CCS(=O)(=O)C1. The number of carbonyl (C=O) groups excluding carboxylic acids is 1. The third-order valence-corrected chi connectivity index (χ3v) is 5.25. The smallest absolute Gasteiger partial charge is 0.271 e. The number of aromatic nitrogens is 1. The van der Waals surface area contributed by atoms with Gasteiger partial charge in [-0.3, -0.25) is 4.79 Å². The van der Waals surface area contributed by atoms with Crippen molar-refractivity contribution in [3.05, 3.63) is 11.1 Å². The van der Waals surface area contributed by atoms with E-state index in [0.717, 1.165) is 0 Å². The number of nitrogens with two attached hydrogens (primary N) is 1. The molecule has 2 heterocycles. The average molecular weight is 275 g/mol. The molecule has 0 aliphatic carbocycles. The molecule has 1 amide bonds.